The highest BCUT2D eigenvalue weighted by Gasteiger charge is 2.09. The first-order valence-electron chi connectivity index (χ1n) is 10.5. The van der Waals surface area contributed by atoms with Gasteiger partial charge in [0.2, 0.25) is 0 Å². The zero-order valence-electron chi connectivity index (χ0n) is 17.8. The average Bonchev–Trinajstić information content (AvgIpc) is 3.26. The molecule has 0 aliphatic rings. The Morgan fingerprint density at radius 1 is 1.00 bits per heavy atom. The van der Waals surface area contributed by atoms with Gasteiger partial charge in [0.25, 0.3) is 5.91 Å². The lowest BCUT2D eigenvalue weighted by molar-refractivity contribution is 0.102. The molecule has 0 saturated heterocycles. The van der Waals surface area contributed by atoms with Gasteiger partial charge in [-0.25, -0.2) is 4.39 Å². The second kappa shape index (κ2) is 9.92. The lowest BCUT2D eigenvalue weighted by Crippen LogP contribution is -2.12. The van der Waals surface area contributed by atoms with Crippen LogP contribution in [0.1, 0.15) is 34.0 Å². The average molecular weight is 429 g/mol. The van der Waals surface area contributed by atoms with Gasteiger partial charge in [-0.2, -0.15) is 5.10 Å². The highest BCUT2D eigenvalue weighted by Crippen LogP contribution is 2.16. The van der Waals surface area contributed by atoms with Crippen LogP contribution in [0, 0.1) is 5.82 Å². The molecule has 3 aromatic carbocycles. The summed E-state index contributed by atoms with van der Waals surface area (Å²) in [5.41, 5.74) is 4.22. The van der Waals surface area contributed by atoms with Crippen LogP contribution in [-0.2, 0) is 19.6 Å². The number of aryl methyl sites for hydroxylation is 1. The molecule has 0 unspecified atom stereocenters. The van der Waals surface area contributed by atoms with Crippen LogP contribution in [0.2, 0.25) is 0 Å². The minimum atomic E-state index is -0.274. The second-order valence-corrected chi connectivity index (χ2v) is 7.49. The monoisotopic (exact) mass is 429 g/mol. The zero-order chi connectivity index (χ0) is 22.3. The van der Waals surface area contributed by atoms with Gasteiger partial charge in [-0.1, -0.05) is 43.3 Å². The van der Waals surface area contributed by atoms with E-state index in [9.17, 15) is 9.18 Å². The lowest BCUT2D eigenvalue weighted by atomic mass is 10.1. The van der Waals surface area contributed by atoms with Gasteiger partial charge in [-0.15, -0.1) is 0 Å². The summed E-state index contributed by atoms with van der Waals surface area (Å²) >= 11 is 0. The van der Waals surface area contributed by atoms with Crippen molar-refractivity contribution in [1.29, 1.82) is 0 Å². The molecular formula is C26H24FN3O2. The molecule has 4 rings (SSSR count). The lowest BCUT2D eigenvalue weighted by Gasteiger charge is -2.09. The first kappa shape index (κ1) is 21.3. The number of nitrogens with zero attached hydrogens (tertiary/aromatic N) is 2. The Labute approximate surface area is 186 Å². The number of rotatable bonds is 8. The minimum Gasteiger partial charge on any atom is -0.489 e. The summed E-state index contributed by atoms with van der Waals surface area (Å²) in [5.74, 6) is 0.301. The van der Waals surface area contributed by atoms with Crippen LogP contribution in [0.5, 0.6) is 5.75 Å². The van der Waals surface area contributed by atoms with E-state index in [1.165, 1.54) is 17.7 Å². The Hall–Kier alpha value is -3.93. The maximum absolute atomic E-state index is 13.0. The van der Waals surface area contributed by atoms with E-state index in [2.05, 4.69) is 29.5 Å². The standard InChI is InChI=1S/C26H24FN3O2/c1-2-19-8-12-25(13-9-19)32-18-21-4-3-5-22(14-21)26(31)29-24-15-28-30(17-24)16-20-6-10-23(27)11-7-20/h3-15,17H,2,16,18H2,1H3,(H,29,31). The molecule has 162 valence electrons. The van der Waals surface area contributed by atoms with Crippen molar-refractivity contribution in [2.24, 2.45) is 0 Å². The molecular weight excluding hydrogens is 405 g/mol. The topological polar surface area (TPSA) is 56.1 Å². The van der Waals surface area contributed by atoms with E-state index in [1.807, 2.05) is 30.3 Å². The normalized spacial score (nSPS) is 10.7. The molecule has 1 aromatic heterocycles. The Morgan fingerprint density at radius 2 is 1.75 bits per heavy atom. The number of carbonyl (C=O) groups is 1. The molecule has 0 bridgehead atoms. The van der Waals surface area contributed by atoms with Crippen molar-refractivity contribution in [3.63, 3.8) is 0 Å². The molecule has 5 nitrogen and oxygen atoms in total. The van der Waals surface area contributed by atoms with Crippen molar-refractivity contribution in [3.8, 4) is 5.75 Å². The van der Waals surface area contributed by atoms with Gasteiger partial charge >= 0.3 is 0 Å². The number of aromatic nitrogens is 2. The fraction of sp³-hybridized carbons (Fsp3) is 0.154. The first-order valence-corrected chi connectivity index (χ1v) is 10.5. The number of benzene rings is 3. The number of anilines is 1. The van der Waals surface area contributed by atoms with E-state index in [4.69, 9.17) is 4.74 Å². The van der Waals surface area contributed by atoms with Crippen molar-refractivity contribution in [2.75, 3.05) is 5.32 Å². The number of halogens is 1. The van der Waals surface area contributed by atoms with Crippen molar-refractivity contribution in [3.05, 3.63) is 113 Å². The molecule has 32 heavy (non-hydrogen) atoms. The van der Waals surface area contributed by atoms with Gasteiger partial charge in [0.05, 0.1) is 18.4 Å². The number of hydrogen-bond acceptors (Lipinski definition) is 3. The number of hydrogen-bond donors (Lipinski definition) is 1. The largest absolute Gasteiger partial charge is 0.489 e. The SMILES string of the molecule is CCc1ccc(OCc2cccc(C(=O)Nc3cnn(Cc4ccc(F)cc4)c3)c2)cc1. The van der Waals surface area contributed by atoms with Crippen LogP contribution >= 0.6 is 0 Å². The fourth-order valence-electron chi connectivity index (χ4n) is 3.29. The summed E-state index contributed by atoms with van der Waals surface area (Å²) in [6.45, 7) is 2.98. The Balaban J connectivity index is 1.35. The van der Waals surface area contributed by atoms with Crippen LogP contribution in [-0.4, -0.2) is 15.7 Å². The maximum atomic E-state index is 13.0. The first-order chi connectivity index (χ1) is 15.6. The second-order valence-electron chi connectivity index (χ2n) is 7.49. The van der Waals surface area contributed by atoms with Crippen LogP contribution in [0.3, 0.4) is 0 Å². The molecule has 0 aliphatic heterocycles. The highest BCUT2D eigenvalue weighted by molar-refractivity contribution is 6.04. The highest BCUT2D eigenvalue weighted by atomic mass is 19.1. The van der Waals surface area contributed by atoms with E-state index >= 15 is 0 Å². The number of amides is 1. The van der Waals surface area contributed by atoms with E-state index in [1.54, 1.807) is 35.3 Å². The molecule has 0 aliphatic carbocycles. The van der Waals surface area contributed by atoms with E-state index < -0.39 is 0 Å². The molecule has 0 fully saturated rings. The maximum Gasteiger partial charge on any atom is 0.255 e. The molecule has 1 heterocycles. The summed E-state index contributed by atoms with van der Waals surface area (Å²) in [6, 6.07) is 21.6. The molecule has 0 radical (unpaired) electrons. The molecule has 0 saturated carbocycles. The van der Waals surface area contributed by atoms with E-state index in [0.717, 1.165) is 23.3 Å². The minimum absolute atomic E-state index is 0.222. The molecule has 0 atom stereocenters. The summed E-state index contributed by atoms with van der Waals surface area (Å²) in [5, 5.41) is 7.13. The van der Waals surface area contributed by atoms with Gasteiger partial charge in [0.15, 0.2) is 0 Å². The van der Waals surface area contributed by atoms with E-state index in [0.29, 0.717) is 24.4 Å². The predicted molar refractivity (Wildman–Crippen MR) is 122 cm³/mol. The number of nitrogens with one attached hydrogen (secondary N) is 1. The van der Waals surface area contributed by atoms with Gasteiger partial charge in [-0.3, -0.25) is 9.48 Å². The third kappa shape index (κ3) is 5.60. The van der Waals surface area contributed by atoms with Gasteiger partial charge < -0.3 is 10.1 Å². The molecule has 6 heteroatoms. The molecule has 4 aromatic rings. The summed E-state index contributed by atoms with van der Waals surface area (Å²) in [7, 11) is 0. The number of ether oxygens (including phenoxy) is 1. The van der Waals surface area contributed by atoms with Gasteiger partial charge in [0.1, 0.15) is 18.2 Å². The van der Waals surface area contributed by atoms with Crippen molar-refractivity contribution >= 4 is 11.6 Å². The van der Waals surface area contributed by atoms with Gasteiger partial charge in [-0.05, 0) is 59.5 Å². The van der Waals surface area contributed by atoms with Crippen molar-refractivity contribution < 1.29 is 13.9 Å². The summed E-state index contributed by atoms with van der Waals surface area (Å²) in [6.07, 6.45) is 4.32. The smallest absolute Gasteiger partial charge is 0.255 e. The zero-order valence-corrected chi connectivity index (χ0v) is 17.8. The Kier molecular flexibility index (Phi) is 6.60. The fourth-order valence-corrected chi connectivity index (χ4v) is 3.29. The van der Waals surface area contributed by atoms with Crippen molar-refractivity contribution in [1.82, 2.24) is 9.78 Å². The van der Waals surface area contributed by atoms with Gasteiger partial charge in [0, 0.05) is 11.8 Å². The van der Waals surface area contributed by atoms with E-state index in [-0.39, 0.29) is 11.7 Å². The third-order valence-corrected chi connectivity index (χ3v) is 5.08. The molecule has 0 spiro atoms. The van der Waals surface area contributed by atoms with Crippen molar-refractivity contribution in [2.45, 2.75) is 26.5 Å². The molecule has 1 amide bonds. The Bertz CT molecular complexity index is 1180. The summed E-state index contributed by atoms with van der Waals surface area (Å²) in [4.78, 5) is 12.7. The Morgan fingerprint density at radius 3 is 2.50 bits per heavy atom. The predicted octanol–water partition coefficient (Wildman–Crippen LogP) is 5.46. The number of carbonyl (C=O) groups excluding carboxylic acids is 1. The third-order valence-electron chi connectivity index (χ3n) is 5.08. The van der Waals surface area contributed by atoms with Crippen LogP contribution in [0.25, 0.3) is 0 Å². The quantitative estimate of drug-likeness (QED) is 0.404. The van der Waals surface area contributed by atoms with Crippen LogP contribution in [0.4, 0.5) is 10.1 Å². The summed E-state index contributed by atoms with van der Waals surface area (Å²) < 4.78 is 20.6. The molecule has 1 N–H and O–H groups in total. The van der Waals surface area contributed by atoms with Crippen LogP contribution < -0.4 is 10.1 Å². The van der Waals surface area contributed by atoms with Crippen LogP contribution in [0.15, 0.2) is 85.2 Å².